The van der Waals surface area contributed by atoms with Gasteiger partial charge in [0.05, 0.1) is 0 Å². The summed E-state index contributed by atoms with van der Waals surface area (Å²) in [6.07, 6.45) is -1.10. The highest BCUT2D eigenvalue weighted by atomic mass is 19.4. The van der Waals surface area contributed by atoms with Crippen LogP contribution in [0, 0.1) is 0 Å². The number of ketones is 1. The number of alkyl halides is 3. The van der Waals surface area contributed by atoms with Gasteiger partial charge in [0.2, 0.25) is 0 Å². The Bertz CT molecular complexity index is 727. The van der Waals surface area contributed by atoms with E-state index < -0.39 is 17.7 Å². The lowest BCUT2D eigenvalue weighted by atomic mass is 10.1. The van der Waals surface area contributed by atoms with Gasteiger partial charge < -0.3 is 5.11 Å². The van der Waals surface area contributed by atoms with Crippen molar-refractivity contribution < 1.29 is 23.1 Å². The topological polar surface area (TPSA) is 37.3 Å². The second kappa shape index (κ2) is 6.96. The number of carbonyl (C=O) groups is 1. The molecule has 5 heteroatoms. The van der Waals surface area contributed by atoms with E-state index in [1.54, 1.807) is 12.1 Å². The summed E-state index contributed by atoms with van der Waals surface area (Å²) in [6.45, 7) is 0. The van der Waals surface area contributed by atoms with Crippen LogP contribution in [0.1, 0.15) is 16.7 Å². The highest BCUT2D eigenvalue weighted by molar-refractivity contribution is 5.99. The number of allylic oxidation sites excluding steroid dienone is 1. The number of hydrogen-bond donors (Lipinski definition) is 1. The van der Waals surface area contributed by atoms with Gasteiger partial charge in [0, 0.05) is 11.6 Å². The number of benzene rings is 2. The van der Waals surface area contributed by atoms with E-state index in [-0.39, 0.29) is 11.6 Å². The van der Waals surface area contributed by atoms with E-state index in [1.165, 1.54) is 12.1 Å². The lowest BCUT2D eigenvalue weighted by molar-refractivity contribution is -0.165. The van der Waals surface area contributed by atoms with Crippen LogP contribution >= 0.6 is 0 Å². The zero-order valence-electron chi connectivity index (χ0n) is 11.9. The second-order valence-corrected chi connectivity index (χ2v) is 4.76. The third kappa shape index (κ3) is 4.85. The molecule has 0 aliphatic rings. The number of aliphatic hydroxyl groups is 1. The lowest BCUT2D eigenvalue weighted by Crippen LogP contribution is -2.20. The number of hydrogen-bond acceptors (Lipinski definition) is 2. The first-order valence-corrected chi connectivity index (χ1v) is 6.71. The number of aliphatic hydroxyl groups excluding tert-OH is 1. The van der Waals surface area contributed by atoms with Crippen LogP contribution in [-0.2, 0) is 4.79 Å². The Morgan fingerprint density at radius 3 is 1.91 bits per heavy atom. The molecule has 0 aliphatic heterocycles. The molecule has 0 aliphatic carbocycles. The van der Waals surface area contributed by atoms with Crippen molar-refractivity contribution in [3.63, 3.8) is 0 Å². The molecule has 0 aromatic heterocycles. The first-order chi connectivity index (χ1) is 10.9. The normalized spacial score (nSPS) is 12.6. The molecule has 2 aromatic carbocycles. The zero-order chi connectivity index (χ0) is 16.9. The molecule has 0 fully saturated rings. The molecule has 0 radical (unpaired) electrons. The smallest absolute Gasteiger partial charge is 0.454 e. The molecule has 2 rings (SSSR count). The molecule has 0 saturated carbocycles. The maximum absolute atomic E-state index is 12.1. The quantitative estimate of drug-likeness (QED) is 0.495. The van der Waals surface area contributed by atoms with Crippen LogP contribution in [0.15, 0.2) is 60.7 Å². The van der Waals surface area contributed by atoms with Crippen LogP contribution in [0.4, 0.5) is 13.2 Å². The van der Waals surface area contributed by atoms with Crippen molar-refractivity contribution in [2.75, 3.05) is 0 Å². The summed E-state index contributed by atoms with van der Waals surface area (Å²) in [5.41, 5.74) is 1.96. The second-order valence-electron chi connectivity index (χ2n) is 4.76. The summed E-state index contributed by atoms with van der Waals surface area (Å²) >= 11 is 0. The third-order valence-corrected chi connectivity index (χ3v) is 3.02. The van der Waals surface area contributed by atoms with Crippen molar-refractivity contribution in [2.24, 2.45) is 0 Å². The first kappa shape index (κ1) is 16.5. The van der Waals surface area contributed by atoms with Crippen LogP contribution < -0.4 is 0 Å². The Morgan fingerprint density at radius 2 is 1.39 bits per heavy atom. The van der Waals surface area contributed by atoms with Crippen LogP contribution in [0.2, 0.25) is 0 Å². The van der Waals surface area contributed by atoms with E-state index >= 15 is 0 Å². The van der Waals surface area contributed by atoms with Crippen LogP contribution in [0.3, 0.4) is 0 Å². The van der Waals surface area contributed by atoms with Gasteiger partial charge in [-0.15, -0.1) is 0 Å². The fourth-order valence-electron chi connectivity index (χ4n) is 1.81. The minimum absolute atomic E-state index is 0.138. The van der Waals surface area contributed by atoms with E-state index in [9.17, 15) is 23.1 Å². The molecule has 118 valence electrons. The molecule has 0 unspecified atom stereocenters. The molecule has 2 aromatic rings. The largest absolute Gasteiger partial charge is 0.507 e. The SMILES string of the molecule is O=C(/C=C(\O)c1ccc(/C=C/c2ccccc2)cc1)C(F)(F)F. The van der Waals surface area contributed by atoms with Gasteiger partial charge in [-0.1, -0.05) is 66.7 Å². The number of rotatable bonds is 4. The minimum atomic E-state index is -4.99. The van der Waals surface area contributed by atoms with Crippen molar-refractivity contribution in [3.05, 3.63) is 77.4 Å². The Balaban J connectivity index is 2.12. The van der Waals surface area contributed by atoms with Gasteiger partial charge in [0.15, 0.2) is 0 Å². The lowest BCUT2D eigenvalue weighted by Gasteiger charge is -2.03. The highest BCUT2D eigenvalue weighted by Gasteiger charge is 2.36. The predicted octanol–water partition coefficient (Wildman–Crippen LogP) is 4.89. The van der Waals surface area contributed by atoms with Crippen molar-refractivity contribution in [1.82, 2.24) is 0 Å². The van der Waals surface area contributed by atoms with E-state index in [0.717, 1.165) is 11.1 Å². The molecule has 0 spiro atoms. The van der Waals surface area contributed by atoms with Gasteiger partial charge >= 0.3 is 6.18 Å². The summed E-state index contributed by atoms with van der Waals surface area (Å²) in [6, 6.07) is 15.7. The maximum atomic E-state index is 12.1. The van der Waals surface area contributed by atoms with Crippen molar-refractivity contribution in [2.45, 2.75) is 6.18 Å². The minimum Gasteiger partial charge on any atom is -0.507 e. The standard InChI is InChI=1S/C18H13F3O2/c19-18(20,21)17(23)12-16(22)15-10-8-14(9-11-15)7-6-13-4-2-1-3-5-13/h1-12,22H/b7-6+,16-12-. The molecular weight excluding hydrogens is 305 g/mol. The zero-order valence-corrected chi connectivity index (χ0v) is 11.9. The van der Waals surface area contributed by atoms with Gasteiger partial charge in [0.1, 0.15) is 5.76 Å². The monoisotopic (exact) mass is 318 g/mol. The Kier molecular flexibility index (Phi) is 5.01. The maximum Gasteiger partial charge on any atom is 0.454 e. The molecule has 0 atom stereocenters. The molecule has 0 heterocycles. The number of halogens is 3. The predicted molar refractivity (Wildman–Crippen MR) is 83.5 cm³/mol. The van der Waals surface area contributed by atoms with Crippen LogP contribution in [0.5, 0.6) is 0 Å². The summed E-state index contributed by atoms with van der Waals surface area (Å²) < 4.78 is 36.4. The third-order valence-electron chi connectivity index (χ3n) is 3.02. The van der Waals surface area contributed by atoms with E-state index in [4.69, 9.17) is 0 Å². The molecule has 0 amide bonds. The Morgan fingerprint density at radius 1 is 0.870 bits per heavy atom. The summed E-state index contributed by atoms with van der Waals surface area (Å²) in [5, 5.41) is 9.58. The summed E-state index contributed by atoms with van der Waals surface area (Å²) in [5.74, 6) is -2.81. The number of carbonyl (C=O) groups excluding carboxylic acids is 1. The van der Waals surface area contributed by atoms with Crippen LogP contribution in [-0.4, -0.2) is 17.1 Å². The fraction of sp³-hybridized carbons (Fsp3) is 0.0556. The van der Waals surface area contributed by atoms with E-state index in [1.807, 2.05) is 42.5 Å². The summed E-state index contributed by atoms with van der Waals surface area (Å²) in [7, 11) is 0. The average Bonchev–Trinajstić information content (AvgIpc) is 2.53. The Hall–Kier alpha value is -2.82. The van der Waals surface area contributed by atoms with Gasteiger partial charge in [-0.2, -0.15) is 13.2 Å². The average molecular weight is 318 g/mol. The van der Waals surface area contributed by atoms with Crippen LogP contribution in [0.25, 0.3) is 17.9 Å². The molecule has 1 N–H and O–H groups in total. The van der Waals surface area contributed by atoms with Gasteiger partial charge in [0.25, 0.3) is 5.78 Å². The van der Waals surface area contributed by atoms with E-state index in [2.05, 4.69) is 0 Å². The molecule has 0 bridgehead atoms. The highest BCUT2D eigenvalue weighted by Crippen LogP contribution is 2.20. The molecular formula is C18H13F3O2. The van der Waals surface area contributed by atoms with Crippen molar-refractivity contribution in [3.8, 4) is 0 Å². The van der Waals surface area contributed by atoms with Gasteiger partial charge in [-0.25, -0.2) is 0 Å². The first-order valence-electron chi connectivity index (χ1n) is 6.71. The van der Waals surface area contributed by atoms with Crippen molar-refractivity contribution >= 4 is 23.7 Å². The molecule has 0 saturated heterocycles. The van der Waals surface area contributed by atoms with Gasteiger partial charge in [-0.3, -0.25) is 4.79 Å². The fourth-order valence-corrected chi connectivity index (χ4v) is 1.81. The van der Waals surface area contributed by atoms with E-state index in [0.29, 0.717) is 0 Å². The summed E-state index contributed by atoms with van der Waals surface area (Å²) in [4.78, 5) is 10.8. The Labute approximate surface area is 131 Å². The molecule has 2 nitrogen and oxygen atoms in total. The van der Waals surface area contributed by atoms with Gasteiger partial charge in [-0.05, 0) is 11.1 Å². The molecule has 23 heavy (non-hydrogen) atoms. The van der Waals surface area contributed by atoms with Crippen molar-refractivity contribution in [1.29, 1.82) is 0 Å².